The molecule has 22 heavy (non-hydrogen) atoms. The number of ether oxygens (including phenoxy) is 1. The van der Waals surface area contributed by atoms with Crippen molar-refractivity contribution >= 4 is 11.7 Å². The molecule has 0 aliphatic carbocycles. The lowest BCUT2D eigenvalue weighted by molar-refractivity contribution is 0.414. The van der Waals surface area contributed by atoms with Gasteiger partial charge in [-0.1, -0.05) is 23.4 Å². The second kappa shape index (κ2) is 5.89. The van der Waals surface area contributed by atoms with Crippen LogP contribution in [0.25, 0.3) is 11.4 Å². The molecule has 1 heterocycles. The lowest BCUT2D eigenvalue weighted by Crippen LogP contribution is -1.92. The van der Waals surface area contributed by atoms with E-state index in [9.17, 15) is 0 Å². The highest BCUT2D eigenvalue weighted by molar-refractivity contribution is 5.60. The standard InChI is InChI=1S/C17H17N3O2/c1-11-7-12(2)9-14(8-11)18-17-19-16(20-22-17)13-5-4-6-15(10-13)21-3/h4-10H,1-3H3,(H,18,19,20). The monoisotopic (exact) mass is 295 g/mol. The zero-order chi connectivity index (χ0) is 15.5. The Morgan fingerprint density at radius 3 is 2.55 bits per heavy atom. The first kappa shape index (κ1) is 14.1. The van der Waals surface area contributed by atoms with Gasteiger partial charge in [0.05, 0.1) is 7.11 Å². The normalized spacial score (nSPS) is 10.5. The average Bonchev–Trinajstić information content (AvgIpc) is 2.95. The first-order valence-electron chi connectivity index (χ1n) is 6.97. The first-order valence-corrected chi connectivity index (χ1v) is 6.97. The molecule has 1 N–H and O–H groups in total. The highest BCUT2D eigenvalue weighted by atomic mass is 16.5. The number of anilines is 2. The molecule has 0 atom stereocenters. The summed E-state index contributed by atoms with van der Waals surface area (Å²) in [5.41, 5.74) is 4.12. The molecule has 5 heteroatoms. The van der Waals surface area contributed by atoms with Gasteiger partial charge < -0.3 is 14.6 Å². The van der Waals surface area contributed by atoms with Gasteiger partial charge >= 0.3 is 6.01 Å². The topological polar surface area (TPSA) is 60.2 Å². The van der Waals surface area contributed by atoms with Crippen LogP contribution in [-0.2, 0) is 0 Å². The largest absolute Gasteiger partial charge is 0.497 e. The third-order valence-corrected chi connectivity index (χ3v) is 3.23. The van der Waals surface area contributed by atoms with E-state index in [-0.39, 0.29) is 0 Å². The SMILES string of the molecule is COc1cccc(-c2noc(Nc3cc(C)cc(C)c3)n2)c1. The quantitative estimate of drug-likeness (QED) is 0.785. The Morgan fingerprint density at radius 2 is 1.82 bits per heavy atom. The molecule has 1 aromatic heterocycles. The molecule has 3 aromatic rings. The molecule has 5 nitrogen and oxygen atoms in total. The lowest BCUT2D eigenvalue weighted by atomic mass is 10.1. The fraction of sp³-hybridized carbons (Fsp3) is 0.176. The van der Waals surface area contributed by atoms with E-state index < -0.39 is 0 Å². The van der Waals surface area contributed by atoms with Crippen LogP contribution in [0.4, 0.5) is 11.7 Å². The Hall–Kier alpha value is -2.82. The third-order valence-electron chi connectivity index (χ3n) is 3.23. The van der Waals surface area contributed by atoms with Gasteiger partial charge in [-0.05, 0) is 49.2 Å². The molecular weight excluding hydrogens is 278 g/mol. The number of hydrogen-bond donors (Lipinski definition) is 1. The van der Waals surface area contributed by atoms with Crippen LogP contribution >= 0.6 is 0 Å². The summed E-state index contributed by atoms with van der Waals surface area (Å²) in [4.78, 5) is 4.37. The minimum atomic E-state index is 0.364. The molecule has 0 aliphatic heterocycles. The van der Waals surface area contributed by atoms with Crippen LogP contribution in [0.5, 0.6) is 5.75 Å². The zero-order valence-corrected chi connectivity index (χ0v) is 12.8. The molecule has 0 aliphatic rings. The maximum atomic E-state index is 5.26. The predicted molar refractivity (Wildman–Crippen MR) is 85.5 cm³/mol. The van der Waals surface area contributed by atoms with Gasteiger partial charge in [-0.25, -0.2) is 0 Å². The van der Waals surface area contributed by atoms with Crippen LogP contribution in [0, 0.1) is 13.8 Å². The molecule has 0 saturated carbocycles. The molecule has 0 spiro atoms. The van der Waals surface area contributed by atoms with E-state index in [1.54, 1.807) is 7.11 Å². The molecule has 0 amide bonds. The van der Waals surface area contributed by atoms with E-state index in [0.717, 1.165) is 17.0 Å². The van der Waals surface area contributed by atoms with E-state index in [1.165, 1.54) is 11.1 Å². The Morgan fingerprint density at radius 1 is 1.05 bits per heavy atom. The Bertz CT molecular complexity index is 776. The molecule has 0 saturated heterocycles. The van der Waals surface area contributed by atoms with Crippen LogP contribution in [0.2, 0.25) is 0 Å². The van der Waals surface area contributed by atoms with Crippen LogP contribution in [-0.4, -0.2) is 17.3 Å². The second-order valence-electron chi connectivity index (χ2n) is 5.16. The van der Waals surface area contributed by atoms with Gasteiger partial charge in [0.25, 0.3) is 0 Å². The van der Waals surface area contributed by atoms with E-state index in [0.29, 0.717) is 11.8 Å². The minimum Gasteiger partial charge on any atom is -0.497 e. The number of rotatable bonds is 4. The second-order valence-corrected chi connectivity index (χ2v) is 5.16. The van der Waals surface area contributed by atoms with Crippen molar-refractivity contribution in [1.29, 1.82) is 0 Å². The molecule has 112 valence electrons. The predicted octanol–water partition coefficient (Wildman–Crippen LogP) is 4.11. The van der Waals surface area contributed by atoms with Crippen LogP contribution in [0.1, 0.15) is 11.1 Å². The number of benzene rings is 2. The number of methoxy groups -OCH3 is 1. The average molecular weight is 295 g/mol. The van der Waals surface area contributed by atoms with Crippen molar-refractivity contribution in [2.45, 2.75) is 13.8 Å². The number of nitrogens with one attached hydrogen (secondary N) is 1. The van der Waals surface area contributed by atoms with E-state index in [2.05, 4.69) is 21.5 Å². The summed E-state index contributed by atoms with van der Waals surface area (Å²) in [7, 11) is 1.63. The summed E-state index contributed by atoms with van der Waals surface area (Å²) in [5.74, 6) is 1.27. The molecule has 3 rings (SSSR count). The molecule has 2 aromatic carbocycles. The number of aryl methyl sites for hydroxylation is 2. The van der Waals surface area contributed by atoms with Gasteiger partial charge in [-0.15, -0.1) is 0 Å². The summed E-state index contributed by atoms with van der Waals surface area (Å²) in [5, 5.41) is 7.13. The van der Waals surface area contributed by atoms with E-state index >= 15 is 0 Å². The Labute approximate surface area is 128 Å². The molecule has 0 radical (unpaired) electrons. The number of nitrogens with zero attached hydrogens (tertiary/aromatic N) is 2. The fourth-order valence-corrected chi connectivity index (χ4v) is 2.32. The summed E-state index contributed by atoms with van der Waals surface area (Å²) >= 11 is 0. The van der Waals surface area contributed by atoms with Crippen molar-refractivity contribution in [3.05, 3.63) is 53.6 Å². The highest BCUT2D eigenvalue weighted by Gasteiger charge is 2.09. The summed E-state index contributed by atoms with van der Waals surface area (Å²) in [6.07, 6.45) is 0. The smallest absolute Gasteiger partial charge is 0.326 e. The van der Waals surface area contributed by atoms with E-state index in [4.69, 9.17) is 9.26 Å². The van der Waals surface area contributed by atoms with Crippen LogP contribution in [0.15, 0.2) is 47.0 Å². The van der Waals surface area contributed by atoms with Gasteiger partial charge in [0, 0.05) is 11.3 Å². The van der Waals surface area contributed by atoms with Gasteiger partial charge in [0.15, 0.2) is 0 Å². The van der Waals surface area contributed by atoms with Gasteiger partial charge in [0.2, 0.25) is 5.82 Å². The summed E-state index contributed by atoms with van der Waals surface area (Å²) in [6.45, 7) is 4.10. The lowest BCUT2D eigenvalue weighted by Gasteiger charge is -2.04. The fourth-order valence-electron chi connectivity index (χ4n) is 2.32. The number of aromatic nitrogens is 2. The van der Waals surface area contributed by atoms with Crippen molar-refractivity contribution < 1.29 is 9.26 Å². The van der Waals surface area contributed by atoms with Gasteiger partial charge in [-0.2, -0.15) is 4.98 Å². The van der Waals surface area contributed by atoms with Crippen molar-refractivity contribution in [1.82, 2.24) is 10.1 Å². The minimum absolute atomic E-state index is 0.364. The Balaban J connectivity index is 1.84. The summed E-state index contributed by atoms with van der Waals surface area (Å²) < 4.78 is 10.5. The van der Waals surface area contributed by atoms with Crippen molar-refractivity contribution in [2.75, 3.05) is 12.4 Å². The maximum Gasteiger partial charge on any atom is 0.326 e. The van der Waals surface area contributed by atoms with Crippen LogP contribution in [0.3, 0.4) is 0 Å². The van der Waals surface area contributed by atoms with Gasteiger partial charge in [0.1, 0.15) is 5.75 Å². The van der Waals surface area contributed by atoms with Gasteiger partial charge in [-0.3, -0.25) is 0 Å². The molecule has 0 unspecified atom stereocenters. The van der Waals surface area contributed by atoms with Crippen molar-refractivity contribution in [3.8, 4) is 17.1 Å². The summed E-state index contributed by atoms with van der Waals surface area (Å²) in [6, 6.07) is 14.1. The first-order chi connectivity index (χ1) is 10.6. The van der Waals surface area contributed by atoms with Crippen molar-refractivity contribution in [3.63, 3.8) is 0 Å². The maximum absolute atomic E-state index is 5.26. The molecular formula is C17H17N3O2. The Kier molecular flexibility index (Phi) is 3.78. The van der Waals surface area contributed by atoms with Crippen molar-refractivity contribution in [2.24, 2.45) is 0 Å². The highest BCUT2D eigenvalue weighted by Crippen LogP contribution is 2.24. The van der Waals surface area contributed by atoms with Crippen LogP contribution < -0.4 is 10.1 Å². The molecule has 0 fully saturated rings. The number of hydrogen-bond acceptors (Lipinski definition) is 5. The third kappa shape index (κ3) is 3.09. The van der Waals surface area contributed by atoms with E-state index in [1.807, 2.05) is 50.2 Å². The molecule has 0 bridgehead atoms. The zero-order valence-electron chi connectivity index (χ0n) is 12.8.